The van der Waals surface area contributed by atoms with Crippen LogP contribution in [-0.4, -0.2) is 30.5 Å². The molecule has 0 radical (unpaired) electrons. The smallest absolute Gasteiger partial charge is 0.265 e. The van der Waals surface area contributed by atoms with Gasteiger partial charge in [-0.2, -0.15) is 0 Å². The first-order valence-electron chi connectivity index (χ1n) is 7.76. The van der Waals surface area contributed by atoms with Crippen molar-refractivity contribution < 1.29 is 19.4 Å². The topological polar surface area (TPSA) is 66.8 Å². The molecule has 1 N–H and O–H groups in total. The van der Waals surface area contributed by atoms with E-state index < -0.39 is 11.5 Å². The molecule has 1 atom stereocenters. The third kappa shape index (κ3) is 2.67. The van der Waals surface area contributed by atoms with Gasteiger partial charge in [-0.1, -0.05) is 36.3 Å². The molecule has 1 amide bonds. The number of carbonyl (C=O) groups excluding carboxylic acids is 2. The molecule has 0 bridgehead atoms. The van der Waals surface area contributed by atoms with E-state index in [4.69, 9.17) is 11.2 Å². The number of anilines is 1. The Morgan fingerprint density at radius 1 is 1.24 bits per heavy atom. The Morgan fingerprint density at radius 3 is 2.64 bits per heavy atom. The number of rotatable bonds is 5. The Kier molecular flexibility index (Phi) is 4.30. The zero-order valence-electron chi connectivity index (χ0n) is 13.7. The Morgan fingerprint density at radius 2 is 1.92 bits per heavy atom. The number of nitrogens with zero attached hydrogens (tertiary/aromatic N) is 1. The lowest BCUT2D eigenvalue weighted by molar-refractivity contribution is -0.135. The van der Waals surface area contributed by atoms with Crippen molar-refractivity contribution in [2.24, 2.45) is 0 Å². The van der Waals surface area contributed by atoms with Crippen molar-refractivity contribution in [2.45, 2.75) is 12.0 Å². The van der Waals surface area contributed by atoms with Crippen molar-refractivity contribution >= 4 is 17.4 Å². The summed E-state index contributed by atoms with van der Waals surface area (Å²) >= 11 is 0. The summed E-state index contributed by atoms with van der Waals surface area (Å²) in [6.07, 6.45) is 4.95. The maximum Gasteiger partial charge on any atom is 0.265 e. The Bertz CT molecular complexity index is 883. The van der Waals surface area contributed by atoms with E-state index in [-0.39, 0.29) is 18.7 Å². The molecule has 2 aromatic rings. The number of ketones is 1. The van der Waals surface area contributed by atoms with Gasteiger partial charge < -0.3 is 9.84 Å². The first-order chi connectivity index (χ1) is 12.0. The van der Waals surface area contributed by atoms with Gasteiger partial charge in [0.25, 0.3) is 5.91 Å². The lowest BCUT2D eigenvalue weighted by atomic mass is 9.88. The summed E-state index contributed by atoms with van der Waals surface area (Å²) in [6, 6.07) is 13.5. The molecule has 0 aliphatic carbocycles. The second-order valence-electron chi connectivity index (χ2n) is 5.77. The van der Waals surface area contributed by atoms with Gasteiger partial charge in [0.05, 0.1) is 31.3 Å². The molecular formula is C20H17NO4. The third-order valence-electron chi connectivity index (χ3n) is 4.31. The fourth-order valence-electron chi connectivity index (χ4n) is 3.13. The van der Waals surface area contributed by atoms with Crippen LogP contribution < -0.4 is 9.64 Å². The van der Waals surface area contributed by atoms with E-state index in [1.807, 2.05) is 0 Å². The second-order valence-corrected chi connectivity index (χ2v) is 5.77. The largest absolute Gasteiger partial charge is 0.496 e. The van der Waals surface area contributed by atoms with E-state index >= 15 is 0 Å². The van der Waals surface area contributed by atoms with Crippen LogP contribution in [0.3, 0.4) is 0 Å². The van der Waals surface area contributed by atoms with Gasteiger partial charge in [-0.15, -0.1) is 6.42 Å². The quantitative estimate of drug-likeness (QED) is 0.671. The summed E-state index contributed by atoms with van der Waals surface area (Å²) in [4.78, 5) is 26.9. The van der Waals surface area contributed by atoms with Crippen LogP contribution in [0, 0.1) is 12.3 Å². The molecule has 1 heterocycles. The van der Waals surface area contributed by atoms with Crippen LogP contribution in [0.5, 0.6) is 5.75 Å². The van der Waals surface area contributed by atoms with Gasteiger partial charge >= 0.3 is 0 Å². The van der Waals surface area contributed by atoms with Gasteiger partial charge in [-0.3, -0.25) is 14.5 Å². The molecule has 2 aromatic carbocycles. The van der Waals surface area contributed by atoms with Crippen molar-refractivity contribution in [1.82, 2.24) is 0 Å². The highest BCUT2D eigenvalue weighted by atomic mass is 16.5. The molecule has 0 saturated heterocycles. The normalized spacial score (nSPS) is 18.6. The van der Waals surface area contributed by atoms with Crippen LogP contribution in [0.4, 0.5) is 5.69 Å². The van der Waals surface area contributed by atoms with Gasteiger partial charge in [0, 0.05) is 5.56 Å². The molecule has 5 heteroatoms. The number of terminal acetylenes is 1. The number of para-hydroxylation sites is 2. The minimum absolute atomic E-state index is 0.0288. The predicted octanol–water partition coefficient (Wildman–Crippen LogP) is 2.14. The van der Waals surface area contributed by atoms with Crippen molar-refractivity contribution in [1.29, 1.82) is 0 Å². The first kappa shape index (κ1) is 16.7. The minimum atomic E-state index is -1.94. The fourth-order valence-corrected chi connectivity index (χ4v) is 3.13. The first-order valence-corrected chi connectivity index (χ1v) is 7.76. The molecule has 0 fully saturated rings. The molecule has 1 aliphatic heterocycles. The van der Waals surface area contributed by atoms with E-state index in [1.165, 1.54) is 12.0 Å². The number of benzene rings is 2. The zero-order chi connectivity index (χ0) is 18.0. The molecule has 0 saturated carbocycles. The number of fused-ring (bicyclic) bond motifs is 1. The van der Waals surface area contributed by atoms with E-state index in [1.54, 1.807) is 48.5 Å². The van der Waals surface area contributed by atoms with Crippen molar-refractivity contribution in [3.8, 4) is 18.1 Å². The molecule has 3 rings (SSSR count). The monoisotopic (exact) mass is 335 g/mol. The van der Waals surface area contributed by atoms with E-state index in [2.05, 4.69) is 5.92 Å². The van der Waals surface area contributed by atoms with Crippen molar-refractivity contribution in [2.75, 3.05) is 18.6 Å². The van der Waals surface area contributed by atoms with Crippen LogP contribution in [-0.2, 0) is 10.4 Å². The Balaban J connectivity index is 2.00. The second kappa shape index (κ2) is 6.42. The third-order valence-corrected chi connectivity index (χ3v) is 4.31. The standard InChI is InChI=1S/C20H17NO4/c1-3-12-21-16-10-6-5-9-15(16)20(24,19(21)23)13-17(22)14-8-4-7-11-18(14)25-2/h1,4-11,24H,12-13H2,2H3/t20-/m1/s1. The highest BCUT2D eigenvalue weighted by Gasteiger charge is 2.50. The number of hydrogen-bond acceptors (Lipinski definition) is 4. The summed E-state index contributed by atoms with van der Waals surface area (Å²) < 4.78 is 5.20. The number of carbonyl (C=O) groups is 2. The lowest BCUT2D eigenvalue weighted by Gasteiger charge is -2.22. The fraction of sp³-hybridized carbons (Fsp3) is 0.200. The average molecular weight is 335 g/mol. The van der Waals surface area contributed by atoms with Gasteiger partial charge in [-0.05, 0) is 18.2 Å². The molecule has 0 aromatic heterocycles. The van der Waals surface area contributed by atoms with Crippen LogP contribution in [0.15, 0.2) is 48.5 Å². The minimum Gasteiger partial charge on any atom is -0.496 e. The number of ether oxygens (including phenoxy) is 1. The summed E-state index contributed by atoms with van der Waals surface area (Å²) in [7, 11) is 1.46. The molecule has 25 heavy (non-hydrogen) atoms. The van der Waals surface area contributed by atoms with Gasteiger partial charge in [-0.25, -0.2) is 0 Å². The van der Waals surface area contributed by atoms with E-state index in [9.17, 15) is 14.7 Å². The Labute approximate surface area is 145 Å². The molecule has 126 valence electrons. The number of aliphatic hydroxyl groups is 1. The number of hydrogen-bond donors (Lipinski definition) is 1. The summed E-state index contributed by atoms with van der Waals surface area (Å²) in [5.74, 6) is 1.84. The zero-order valence-corrected chi connectivity index (χ0v) is 13.7. The van der Waals surface area contributed by atoms with Gasteiger partial charge in [0.15, 0.2) is 11.4 Å². The van der Waals surface area contributed by atoms with E-state index in [0.29, 0.717) is 22.6 Å². The summed E-state index contributed by atoms with van der Waals surface area (Å²) in [5.41, 5.74) is -0.704. The van der Waals surface area contributed by atoms with Gasteiger partial charge in [0.2, 0.25) is 0 Å². The molecule has 0 unspecified atom stereocenters. The highest BCUT2D eigenvalue weighted by molar-refractivity contribution is 6.11. The maximum atomic E-state index is 12.8. The van der Waals surface area contributed by atoms with Crippen LogP contribution in [0.1, 0.15) is 22.3 Å². The van der Waals surface area contributed by atoms with Crippen LogP contribution in [0.2, 0.25) is 0 Å². The molecule has 5 nitrogen and oxygen atoms in total. The summed E-state index contributed by atoms with van der Waals surface area (Å²) in [5, 5.41) is 11.1. The van der Waals surface area contributed by atoms with Crippen molar-refractivity contribution in [3.63, 3.8) is 0 Å². The highest BCUT2D eigenvalue weighted by Crippen LogP contribution is 2.43. The Hall–Kier alpha value is -3.10. The average Bonchev–Trinajstić information content (AvgIpc) is 2.84. The molecule has 0 spiro atoms. The number of methoxy groups -OCH3 is 1. The van der Waals surface area contributed by atoms with Gasteiger partial charge in [0.1, 0.15) is 5.75 Å². The van der Waals surface area contributed by atoms with Crippen molar-refractivity contribution in [3.05, 3.63) is 59.7 Å². The predicted molar refractivity (Wildman–Crippen MR) is 93.5 cm³/mol. The van der Waals surface area contributed by atoms with Crippen LogP contribution >= 0.6 is 0 Å². The van der Waals surface area contributed by atoms with E-state index in [0.717, 1.165) is 0 Å². The maximum absolute atomic E-state index is 12.8. The molecular weight excluding hydrogens is 318 g/mol. The van der Waals surface area contributed by atoms with Crippen LogP contribution in [0.25, 0.3) is 0 Å². The SMILES string of the molecule is C#CCN1C(=O)[C@@](O)(CC(=O)c2ccccc2OC)c2ccccc21. The number of amides is 1. The number of Topliss-reactive ketones (excluding diaryl/α,β-unsaturated/α-hetero) is 1. The molecule has 1 aliphatic rings. The lowest BCUT2D eigenvalue weighted by Crippen LogP contribution is -2.42. The summed E-state index contributed by atoms with van der Waals surface area (Å²) in [6.45, 7) is 0.0288.